The van der Waals surface area contributed by atoms with Gasteiger partial charge in [-0.15, -0.1) is 0 Å². The molecule has 4 rings (SSSR count). The van der Waals surface area contributed by atoms with Gasteiger partial charge in [-0.05, 0) is 31.4 Å². The molecule has 1 aromatic heterocycles. The van der Waals surface area contributed by atoms with E-state index in [1.807, 2.05) is 26.0 Å². The predicted octanol–water partition coefficient (Wildman–Crippen LogP) is 5.15. The number of rotatable bonds is 2. The maximum atomic E-state index is 15.8. The van der Waals surface area contributed by atoms with E-state index in [1.165, 1.54) is 13.1 Å². The average molecular weight is 399 g/mol. The third-order valence-electron chi connectivity index (χ3n) is 5.63. The van der Waals surface area contributed by atoms with Crippen LogP contribution in [0.2, 0.25) is 0 Å². The molecule has 2 aromatic carbocycles. The Hall–Kier alpha value is -3.09. The molecule has 1 aliphatic heterocycles. The van der Waals surface area contributed by atoms with Gasteiger partial charge >= 0.3 is 6.09 Å². The Bertz CT molecular complexity index is 1110. The van der Waals surface area contributed by atoms with Crippen molar-refractivity contribution >= 4 is 22.7 Å². The van der Waals surface area contributed by atoms with Crippen LogP contribution in [-0.2, 0) is 4.74 Å². The lowest BCUT2D eigenvalue weighted by atomic mass is 9.77. The summed E-state index contributed by atoms with van der Waals surface area (Å²) in [5.41, 5.74) is 0.990. The summed E-state index contributed by atoms with van der Waals surface area (Å²) >= 11 is 0. The third-order valence-corrected chi connectivity index (χ3v) is 5.63. The van der Waals surface area contributed by atoms with Gasteiger partial charge in [0.15, 0.2) is 0 Å². The maximum Gasteiger partial charge on any atom is 0.407 e. The number of carbonyl (C=O) groups excluding carboxylic acids is 1. The Morgan fingerprint density at radius 3 is 2.72 bits per heavy atom. The van der Waals surface area contributed by atoms with Gasteiger partial charge < -0.3 is 20.4 Å². The first kappa shape index (κ1) is 19.2. The van der Waals surface area contributed by atoms with E-state index in [9.17, 15) is 4.79 Å². The molecule has 3 aromatic rings. The number of halogens is 2. The molecule has 7 heteroatoms. The molecule has 0 saturated heterocycles. The van der Waals surface area contributed by atoms with Gasteiger partial charge in [0.05, 0.1) is 16.6 Å². The predicted molar refractivity (Wildman–Crippen MR) is 109 cm³/mol. The second-order valence-corrected chi connectivity index (χ2v) is 7.97. The molecule has 0 radical (unpaired) electrons. The van der Waals surface area contributed by atoms with Crippen LogP contribution in [0.4, 0.5) is 19.3 Å². The van der Waals surface area contributed by atoms with Gasteiger partial charge in [0.2, 0.25) is 0 Å². The lowest BCUT2D eigenvalue weighted by Crippen LogP contribution is -2.53. The van der Waals surface area contributed by atoms with Crippen molar-refractivity contribution in [3.63, 3.8) is 0 Å². The number of benzene rings is 2. The highest BCUT2D eigenvalue weighted by Crippen LogP contribution is 2.45. The van der Waals surface area contributed by atoms with Crippen LogP contribution in [0, 0.1) is 11.6 Å². The molecule has 0 saturated carbocycles. The van der Waals surface area contributed by atoms with Gasteiger partial charge in [-0.1, -0.05) is 25.1 Å². The average Bonchev–Trinajstić information content (AvgIpc) is 3.13. The molecule has 29 heavy (non-hydrogen) atoms. The van der Waals surface area contributed by atoms with Crippen molar-refractivity contribution in [2.75, 3.05) is 12.4 Å². The van der Waals surface area contributed by atoms with Crippen LogP contribution in [0.15, 0.2) is 36.5 Å². The third kappa shape index (κ3) is 3.01. The van der Waals surface area contributed by atoms with Gasteiger partial charge in [0.1, 0.15) is 17.7 Å². The number of anilines is 1. The molecule has 0 bridgehead atoms. The number of H-pyrrole nitrogens is 1. The number of para-hydroxylation sites is 1. The van der Waals surface area contributed by atoms with E-state index in [-0.39, 0.29) is 5.56 Å². The van der Waals surface area contributed by atoms with Gasteiger partial charge in [-0.2, -0.15) is 0 Å². The minimum Gasteiger partial charge on any atom is -0.443 e. The van der Waals surface area contributed by atoms with Crippen LogP contribution in [0.25, 0.3) is 22.0 Å². The van der Waals surface area contributed by atoms with E-state index < -0.39 is 35.3 Å². The fourth-order valence-corrected chi connectivity index (χ4v) is 4.34. The quantitative estimate of drug-likeness (QED) is 0.559. The smallest absolute Gasteiger partial charge is 0.407 e. The number of amides is 1. The van der Waals surface area contributed by atoms with Crippen molar-refractivity contribution in [3.05, 3.63) is 53.7 Å². The number of alkyl carbamates (subject to hydrolysis) is 1. The first-order valence-electron chi connectivity index (χ1n) is 9.49. The van der Waals surface area contributed by atoms with Gasteiger partial charge in [-0.25, -0.2) is 13.6 Å². The number of hydrogen-bond donors (Lipinski definition) is 3. The lowest BCUT2D eigenvalue weighted by Gasteiger charge is -2.44. The van der Waals surface area contributed by atoms with E-state index >= 15 is 8.78 Å². The normalized spacial score (nSPS) is 20.1. The van der Waals surface area contributed by atoms with Crippen molar-refractivity contribution in [3.8, 4) is 11.1 Å². The number of carbonyl (C=O) groups is 1. The Morgan fingerprint density at radius 2 is 2.00 bits per heavy atom. The van der Waals surface area contributed by atoms with Crippen LogP contribution in [0.5, 0.6) is 0 Å². The summed E-state index contributed by atoms with van der Waals surface area (Å²) in [7, 11) is 1.47. The number of aromatic nitrogens is 1. The highest BCUT2D eigenvalue weighted by molar-refractivity contribution is 5.95. The van der Waals surface area contributed by atoms with E-state index in [0.717, 1.165) is 5.39 Å². The molecule has 5 nitrogen and oxygen atoms in total. The Labute approximate surface area is 167 Å². The van der Waals surface area contributed by atoms with Crippen LogP contribution in [0.1, 0.15) is 32.3 Å². The molecule has 2 heterocycles. The van der Waals surface area contributed by atoms with Crippen molar-refractivity contribution in [2.24, 2.45) is 0 Å². The molecule has 2 atom stereocenters. The first-order chi connectivity index (χ1) is 13.7. The summed E-state index contributed by atoms with van der Waals surface area (Å²) in [4.78, 5) is 14.9. The van der Waals surface area contributed by atoms with Crippen LogP contribution < -0.4 is 10.6 Å². The standard InChI is InChI=1S/C22H23F2N3O2/c1-11-16-15(27-22(2,3)20(11)29-21(28)25-4)10-14(23)17(18(16)24)13-7-5-6-12-8-9-26-19(12)13/h5-11,20,26-27H,1-4H3,(H,25,28)/t11-,20+/m1/s1. The van der Waals surface area contributed by atoms with Crippen LogP contribution in [-0.4, -0.2) is 29.8 Å². The highest BCUT2D eigenvalue weighted by Gasteiger charge is 2.44. The molecular formula is C22H23F2N3O2. The number of ether oxygens (including phenoxy) is 1. The highest BCUT2D eigenvalue weighted by atomic mass is 19.1. The Balaban J connectivity index is 1.90. The summed E-state index contributed by atoms with van der Waals surface area (Å²) in [6.45, 7) is 5.46. The van der Waals surface area contributed by atoms with E-state index in [1.54, 1.807) is 25.3 Å². The van der Waals surface area contributed by atoms with Crippen molar-refractivity contribution in [1.82, 2.24) is 10.3 Å². The molecule has 152 valence electrons. The minimum atomic E-state index is -0.710. The van der Waals surface area contributed by atoms with E-state index in [4.69, 9.17) is 4.74 Å². The van der Waals surface area contributed by atoms with E-state index in [2.05, 4.69) is 15.6 Å². The van der Waals surface area contributed by atoms with Crippen molar-refractivity contribution in [1.29, 1.82) is 0 Å². The van der Waals surface area contributed by atoms with Gasteiger partial charge in [-0.3, -0.25) is 0 Å². The number of nitrogens with one attached hydrogen (secondary N) is 3. The summed E-state index contributed by atoms with van der Waals surface area (Å²) < 4.78 is 36.4. The fourth-order valence-electron chi connectivity index (χ4n) is 4.34. The molecule has 0 spiro atoms. The van der Waals surface area contributed by atoms with Gasteiger partial charge in [0, 0.05) is 36.0 Å². The number of fused-ring (bicyclic) bond motifs is 2. The molecular weight excluding hydrogens is 376 g/mol. The zero-order valence-corrected chi connectivity index (χ0v) is 16.7. The Kier molecular flexibility index (Phi) is 4.48. The zero-order valence-electron chi connectivity index (χ0n) is 16.7. The Morgan fingerprint density at radius 1 is 1.24 bits per heavy atom. The number of aromatic amines is 1. The molecule has 1 amide bonds. The van der Waals surface area contributed by atoms with Gasteiger partial charge in [0.25, 0.3) is 0 Å². The largest absolute Gasteiger partial charge is 0.443 e. The summed E-state index contributed by atoms with van der Waals surface area (Å²) in [6, 6.07) is 8.52. The van der Waals surface area contributed by atoms with Crippen LogP contribution in [0.3, 0.4) is 0 Å². The molecule has 0 unspecified atom stereocenters. The van der Waals surface area contributed by atoms with Crippen LogP contribution >= 0.6 is 0 Å². The van der Waals surface area contributed by atoms with Crippen molar-refractivity contribution < 1.29 is 18.3 Å². The first-order valence-corrected chi connectivity index (χ1v) is 9.49. The molecule has 0 aliphatic carbocycles. The maximum absolute atomic E-state index is 15.8. The summed E-state index contributed by atoms with van der Waals surface area (Å²) in [6.07, 6.45) is 0.491. The zero-order chi connectivity index (χ0) is 20.9. The summed E-state index contributed by atoms with van der Waals surface area (Å²) in [5, 5.41) is 6.44. The number of hydrogen-bond acceptors (Lipinski definition) is 3. The minimum absolute atomic E-state index is 0.0937. The lowest BCUT2D eigenvalue weighted by molar-refractivity contribution is 0.0480. The monoisotopic (exact) mass is 399 g/mol. The molecule has 1 aliphatic rings. The van der Waals surface area contributed by atoms with Crippen molar-refractivity contribution in [2.45, 2.75) is 38.3 Å². The molecule has 3 N–H and O–H groups in total. The van der Waals surface area contributed by atoms with E-state index in [0.29, 0.717) is 22.3 Å². The topological polar surface area (TPSA) is 66.1 Å². The second-order valence-electron chi connectivity index (χ2n) is 7.97. The molecule has 0 fully saturated rings. The fraction of sp³-hybridized carbons (Fsp3) is 0.318. The SMILES string of the molecule is CNC(=O)O[C@H]1[C@H](C)c2c(cc(F)c(-c3cccc4cc[nH]c34)c2F)NC1(C)C. The summed E-state index contributed by atoms with van der Waals surface area (Å²) in [5.74, 6) is -1.78. The second kappa shape index (κ2) is 6.76.